The number of aromatic nitrogens is 6. The van der Waals surface area contributed by atoms with Crippen LogP contribution in [-0.4, -0.2) is 169 Å². The van der Waals surface area contributed by atoms with Gasteiger partial charge in [0.05, 0.1) is 28.8 Å². The highest BCUT2D eigenvalue weighted by Crippen LogP contribution is 2.40. The van der Waals surface area contributed by atoms with Crippen LogP contribution >= 0.6 is 0 Å². The number of carbonyl (C=O) groups is 2. The molecule has 5 aliphatic rings. The molecule has 3 aromatic carbocycles. The summed E-state index contributed by atoms with van der Waals surface area (Å²) < 4.78 is 46.2. The number of hydrogen-bond acceptors (Lipinski definition) is 16. The molecular weight excluding hydrogens is 1060 g/mol. The topological polar surface area (TPSA) is 207 Å². The van der Waals surface area contributed by atoms with Crippen LogP contribution < -0.4 is 25.2 Å². The van der Waals surface area contributed by atoms with Gasteiger partial charge < -0.3 is 44.8 Å². The van der Waals surface area contributed by atoms with E-state index in [9.17, 15) is 19.8 Å². The number of amides is 2. The van der Waals surface area contributed by atoms with Gasteiger partial charge in [-0.05, 0) is 98.3 Å². The first-order valence-corrected chi connectivity index (χ1v) is 29.1. The number of aromatic hydroxyl groups is 1. The normalized spacial score (nSPS) is 21.5. The number of piperidine rings is 1. The maximum absolute atomic E-state index is 17.1. The molecule has 9 heterocycles. The van der Waals surface area contributed by atoms with Crippen LogP contribution in [-0.2, 0) is 16.6 Å². The van der Waals surface area contributed by atoms with E-state index in [0.29, 0.717) is 60.3 Å². The van der Waals surface area contributed by atoms with Crippen molar-refractivity contribution in [2.75, 3.05) is 88.4 Å². The molecular formula is C62H71F2N13O6. The number of terminal acetylenes is 1. The van der Waals surface area contributed by atoms with Gasteiger partial charge in [-0.2, -0.15) is 15.1 Å². The van der Waals surface area contributed by atoms with Crippen molar-refractivity contribution in [2.45, 2.75) is 89.1 Å². The highest BCUT2D eigenvalue weighted by molar-refractivity contribution is 6.03. The molecule has 4 aromatic heterocycles. The number of aliphatic hydroxyl groups is 1. The summed E-state index contributed by atoms with van der Waals surface area (Å²) in [6.45, 7) is 14.2. The number of β-amino-alcohol motifs (C(OH)–C–C–N with tert-alkyl or cyclic N) is 1. The molecule has 83 heavy (non-hydrogen) atoms. The number of fused-ring (bicyclic) bond motifs is 4. The number of rotatable bonds is 16. The van der Waals surface area contributed by atoms with Gasteiger partial charge in [0.15, 0.2) is 17.4 Å². The van der Waals surface area contributed by atoms with Gasteiger partial charge in [-0.3, -0.25) is 29.1 Å². The average Bonchev–Trinajstić information content (AvgIpc) is 4.31. The first-order valence-electron chi connectivity index (χ1n) is 29.1. The molecule has 21 heteroatoms. The molecule has 6 atom stereocenters. The third-order valence-electron chi connectivity index (χ3n) is 17.7. The second-order valence-corrected chi connectivity index (χ2v) is 23.5. The Labute approximate surface area is 481 Å². The summed E-state index contributed by atoms with van der Waals surface area (Å²) in [6.07, 6.45) is 12.5. The summed E-state index contributed by atoms with van der Waals surface area (Å²) in [5, 5.41) is 38.1. The lowest BCUT2D eigenvalue weighted by molar-refractivity contribution is -0.141. The zero-order valence-corrected chi connectivity index (χ0v) is 47.3. The van der Waals surface area contributed by atoms with Gasteiger partial charge in [-0.15, -0.1) is 6.42 Å². The Hall–Kier alpha value is -7.77. The first kappa shape index (κ1) is 55.7. The molecule has 0 saturated carbocycles. The number of phenolic OH excluding ortho intramolecular Hbond substituents is 1. The number of benzene rings is 3. The number of carbonyl (C=O) groups excluding carboxylic acids is 2. The lowest BCUT2D eigenvalue weighted by Crippen LogP contribution is -2.51. The minimum Gasteiger partial charge on any atom is -0.508 e. The van der Waals surface area contributed by atoms with Gasteiger partial charge in [0, 0.05) is 114 Å². The summed E-state index contributed by atoms with van der Waals surface area (Å²) in [6, 6.07) is 16.7. The number of pyridine rings is 1. The quantitative estimate of drug-likeness (QED) is 0.0750. The van der Waals surface area contributed by atoms with E-state index in [1.54, 1.807) is 12.4 Å². The van der Waals surface area contributed by atoms with Crippen molar-refractivity contribution in [3.8, 4) is 46.6 Å². The Morgan fingerprint density at radius 2 is 1.67 bits per heavy atom. The fourth-order valence-electron chi connectivity index (χ4n) is 13.2. The summed E-state index contributed by atoms with van der Waals surface area (Å²) in [5.41, 5.74) is 2.90. The third kappa shape index (κ3) is 11.4. The largest absolute Gasteiger partial charge is 0.508 e. The van der Waals surface area contributed by atoms with Crippen LogP contribution in [0.25, 0.3) is 44.2 Å². The molecule has 12 rings (SSSR count). The molecule has 0 aliphatic carbocycles. The van der Waals surface area contributed by atoms with E-state index in [0.717, 1.165) is 88.3 Å². The molecule has 4 unspecified atom stereocenters. The monoisotopic (exact) mass is 1130 g/mol. The molecule has 0 radical (unpaired) electrons. The Balaban J connectivity index is 0.638. The Morgan fingerprint density at radius 1 is 0.916 bits per heavy atom. The molecule has 2 bridgehead atoms. The van der Waals surface area contributed by atoms with Crippen molar-refractivity contribution < 1.29 is 37.8 Å². The van der Waals surface area contributed by atoms with Gasteiger partial charge in [0.1, 0.15) is 47.2 Å². The van der Waals surface area contributed by atoms with E-state index in [-0.39, 0.29) is 88.3 Å². The van der Waals surface area contributed by atoms with Crippen molar-refractivity contribution in [1.29, 1.82) is 0 Å². The fraction of sp³-hybridized carbons (Fsp3) is 0.468. The second-order valence-electron chi connectivity index (χ2n) is 23.5. The van der Waals surface area contributed by atoms with Gasteiger partial charge in [-0.1, -0.05) is 55.3 Å². The summed E-state index contributed by atoms with van der Waals surface area (Å²) in [5.74, 6) is 1.62. The lowest BCUT2D eigenvalue weighted by Gasteiger charge is -2.38. The van der Waals surface area contributed by atoms with E-state index >= 15 is 8.78 Å². The minimum absolute atomic E-state index is 0.0129. The lowest BCUT2D eigenvalue weighted by atomic mass is 9.91. The highest BCUT2D eigenvalue weighted by atomic mass is 19.1. The zero-order chi connectivity index (χ0) is 57.6. The maximum atomic E-state index is 17.1. The van der Waals surface area contributed by atoms with Crippen LogP contribution in [0.1, 0.15) is 81.7 Å². The van der Waals surface area contributed by atoms with Crippen LogP contribution in [0.5, 0.6) is 11.8 Å². The number of piperazine rings is 2. The van der Waals surface area contributed by atoms with E-state index in [1.165, 1.54) is 29.2 Å². The molecule has 19 nitrogen and oxygen atoms in total. The summed E-state index contributed by atoms with van der Waals surface area (Å²) in [4.78, 5) is 53.1. The van der Waals surface area contributed by atoms with Gasteiger partial charge in [0.2, 0.25) is 11.8 Å². The van der Waals surface area contributed by atoms with Crippen molar-refractivity contribution in [3.05, 3.63) is 102 Å². The molecule has 0 spiro atoms. The van der Waals surface area contributed by atoms with Crippen LogP contribution in [0, 0.1) is 35.8 Å². The van der Waals surface area contributed by atoms with E-state index in [4.69, 9.17) is 20.7 Å². The maximum Gasteiger partial charge on any atom is 0.319 e. The van der Waals surface area contributed by atoms with E-state index in [2.05, 4.69) is 56.4 Å². The number of aliphatic hydroxyl groups excluding tert-OH is 1. The van der Waals surface area contributed by atoms with Crippen LogP contribution in [0.2, 0.25) is 0 Å². The predicted molar refractivity (Wildman–Crippen MR) is 311 cm³/mol. The number of aryl methyl sites for hydroxylation is 1. The molecule has 434 valence electrons. The molecule has 7 aromatic rings. The number of halogens is 2. The Kier molecular flexibility index (Phi) is 15.8. The summed E-state index contributed by atoms with van der Waals surface area (Å²) in [7, 11) is 1.89. The van der Waals surface area contributed by atoms with Crippen LogP contribution in [0.15, 0.2) is 77.6 Å². The average molecular weight is 1130 g/mol. The third-order valence-corrected chi connectivity index (χ3v) is 17.7. The van der Waals surface area contributed by atoms with Crippen LogP contribution in [0.3, 0.4) is 0 Å². The molecule has 5 saturated heterocycles. The number of anilines is 2. The standard InChI is InChI=1S/C62H71F2N13O6/c1-6-46-49(63)14-11-41-27-44(78)28-47(55(41)46)57-56(64)58-48(31-65-57)59(76-33-42-12-13-43(34-76)68-42)70-62(69-58)82-26-25-73-19-16-38(17-20-73)32-74-21-23-75(24-22-74)53-30-52(83-71-53)54(36(2)3)61(81)77-35-45(79)29-51(77)60(80)67-37(4)39-7-9-40(10-8-39)50-15-18-66-72(50)5/h1,7-11,14-15,18,27-28,30-31,36-38,42-43,45,51,54,68,78-79H,12-13,16-17,19-26,29,32-35H2,2-5H3,(H,67,80)/t37?,42?,43?,45-,51+,54?/m1/s1. The molecule has 5 aliphatic heterocycles. The zero-order valence-electron chi connectivity index (χ0n) is 47.3. The smallest absolute Gasteiger partial charge is 0.319 e. The number of hydrogen-bond donors (Lipinski definition) is 4. The number of phenols is 1. The number of nitrogens with zero attached hydrogens (tertiary/aromatic N) is 11. The van der Waals surface area contributed by atoms with Gasteiger partial charge in [-0.25, -0.2) is 8.78 Å². The molecule has 2 amide bonds. The van der Waals surface area contributed by atoms with Crippen molar-refractivity contribution in [1.82, 2.24) is 55.2 Å². The van der Waals surface area contributed by atoms with E-state index < -0.39 is 29.7 Å². The van der Waals surface area contributed by atoms with Crippen molar-refractivity contribution in [3.63, 3.8) is 0 Å². The number of nitrogens with one attached hydrogen (secondary N) is 2. The van der Waals surface area contributed by atoms with E-state index in [1.807, 2.05) is 68.9 Å². The van der Waals surface area contributed by atoms with Crippen molar-refractivity contribution in [2.24, 2.45) is 18.9 Å². The number of likely N-dealkylation sites (tertiary alicyclic amines) is 2. The first-order chi connectivity index (χ1) is 40.2. The Morgan fingerprint density at radius 3 is 2.39 bits per heavy atom. The van der Waals surface area contributed by atoms with Crippen molar-refractivity contribution >= 4 is 45.1 Å². The second kappa shape index (κ2) is 23.5. The SMILES string of the molecule is C#Cc1c(F)ccc2cc(O)cc(-c3ncc4c(N5CC6CCC(C5)N6)nc(OCCN5CCC(CN6CCN(c7cc(C(C(=O)N8C[C@H](O)C[C@H]8C(=O)NC(C)c8ccc(-c9ccnn9C)cc8)C(C)C)on7)CC6)CC5)nc4c3F)c12. The minimum atomic E-state index is -0.834. The Bertz CT molecular complexity index is 3560. The van der Waals surface area contributed by atoms with Crippen LogP contribution in [0.4, 0.5) is 20.4 Å². The summed E-state index contributed by atoms with van der Waals surface area (Å²) >= 11 is 0. The van der Waals surface area contributed by atoms with Gasteiger partial charge >= 0.3 is 6.01 Å². The predicted octanol–water partition coefficient (Wildman–Crippen LogP) is 6.63. The highest BCUT2D eigenvalue weighted by Gasteiger charge is 2.44. The van der Waals surface area contributed by atoms with Gasteiger partial charge in [0.25, 0.3) is 0 Å². The fourth-order valence-corrected chi connectivity index (χ4v) is 13.2. The number of ether oxygens (including phenoxy) is 1. The molecule has 4 N–H and O–H groups in total. The molecule has 5 fully saturated rings.